The van der Waals surface area contributed by atoms with Crippen molar-refractivity contribution >= 4 is 38.9 Å². The zero-order valence-corrected chi connectivity index (χ0v) is 30.8. The van der Waals surface area contributed by atoms with Crippen LogP contribution >= 0.6 is 0 Å². The first kappa shape index (κ1) is 33.2. The number of para-hydroxylation sites is 2. The molecule has 0 bridgehead atoms. The number of hydrogen-bond acceptors (Lipinski definition) is 1. The molecule has 9 aromatic carbocycles. The minimum Gasteiger partial charge on any atom is -0.309 e. The number of nitrogens with zero attached hydrogens (tertiary/aromatic N) is 2. The summed E-state index contributed by atoms with van der Waals surface area (Å²) in [7, 11) is 0. The van der Waals surface area contributed by atoms with Gasteiger partial charge in [0.25, 0.3) is 0 Å². The van der Waals surface area contributed by atoms with Crippen molar-refractivity contribution in [3.8, 4) is 50.2 Å². The van der Waals surface area contributed by atoms with E-state index in [9.17, 15) is 0 Å². The predicted molar refractivity (Wildman–Crippen MR) is 237 cm³/mol. The lowest BCUT2D eigenvalue weighted by atomic mass is 9.94. The molecule has 56 heavy (non-hydrogen) atoms. The third-order valence-electron chi connectivity index (χ3n) is 10.8. The molecule has 1 aromatic heterocycles. The zero-order chi connectivity index (χ0) is 37.3. The van der Waals surface area contributed by atoms with Crippen LogP contribution in [0.25, 0.3) is 72.0 Å². The summed E-state index contributed by atoms with van der Waals surface area (Å²) in [6, 6.07) is 83.1. The van der Waals surface area contributed by atoms with Crippen molar-refractivity contribution in [2.75, 3.05) is 4.90 Å². The maximum Gasteiger partial charge on any atom is 0.0562 e. The van der Waals surface area contributed by atoms with Crippen LogP contribution in [0, 0.1) is 0 Å². The smallest absolute Gasteiger partial charge is 0.0562 e. The normalized spacial score (nSPS) is 11.2. The summed E-state index contributed by atoms with van der Waals surface area (Å²) in [6.07, 6.45) is 0. The summed E-state index contributed by atoms with van der Waals surface area (Å²) in [5.74, 6) is 0. The van der Waals surface area contributed by atoms with Crippen LogP contribution in [0.2, 0.25) is 0 Å². The number of aromatic nitrogens is 1. The van der Waals surface area contributed by atoms with Crippen molar-refractivity contribution in [3.63, 3.8) is 0 Å². The molecule has 0 saturated carbocycles. The van der Waals surface area contributed by atoms with Crippen molar-refractivity contribution < 1.29 is 0 Å². The number of hydrogen-bond donors (Lipinski definition) is 0. The largest absolute Gasteiger partial charge is 0.309 e. The lowest BCUT2D eigenvalue weighted by Gasteiger charge is -2.29. The molecule has 0 N–H and O–H groups in total. The number of fused-ring (bicyclic) bond motifs is 3. The number of anilines is 3. The molecular formula is C54H38N2. The van der Waals surface area contributed by atoms with Gasteiger partial charge < -0.3 is 9.47 Å². The van der Waals surface area contributed by atoms with Gasteiger partial charge in [0.2, 0.25) is 0 Å². The van der Waals surface area contributed by atoms with Crippen LogP contribution in [0.4, 0.5) is 17.1 Å². The van der Waals surface area contributed by atoms with Gasteiger partial charge in [0.1, 0.15) is 0 Å². The maximum absolute atomic E-state index is 2.45. The quantitative estimate of drug-likeness (QED) is 0.152. The highest BCUT2D eigenvalue weighted by molar-refractivity contribution is 6.17. The van der Waals surface area contributed by atoms with E-state index in [2.05, 4.69) is 240 Å². The molecule has 2 nitrogen and oxygen atoms in total. The Morgan fingerprint density at radius 2 is 0.839 bits per heavy atom. The Morgan fingerprint density at radius 3 is 1.50 bits per heavy atom. The summed E-state index contributed by atoms with van der Waals surface area (Å²) in [4.78, 5) is 2.45. The molecule has 1 heterocycles. The number of benzene rings is 9. The Hall–Kier alpha value is -7.42. The third-order valence-corrected chi connectivity index (χ3v) is 10.8. The van der Waals surface area contributed by atoms with Gasteiger partial charge in [0, 0.05) is 27.7 Å². The first-order chi connectivity index (χ1) is 27.8. The molecule has 0 spiro atoms. The van der Waals surface area contributed by atoms with Crippen molar-refractivity contribution in [2.45, 2.75) is 0 Å². The molecule has 0 aliphatic carbocycles. The molecule has 0 aliphatic heterocycles. The fourth-order valence-corrected chi connectivity index (χ4v) is 8.24. The van der Waals surface area contributed by atoms with Crippen LogP contribution in [-0.4, -0.2) is 4.57 Å². The Labute approximate surface area is 327 Å². The number of rotatable bonds is 8. The fraction of sp³-hybridized carbons (Fsp3) is 0. The van der Waals surface area contributed by atoms with Crippen molar-refractivity contribution in [1.82, 2.24) is 4.57 Å². The van der Waals surface area contributed by atoms with Gasteiger partial charge in [-0.3, -0.25) is 0 Å². The van der Waals surface area contributed by atoms with Crippen LogP contribution in [-0.2, 0) is 0 Å². The highest BCUT2D eigenvalue weighted by atomic mass is 15.2. The Morgan fingerprint density at radius 1 is 0.304 bits per heavy atom. The Balaban J connectivity index is 1.24. The van der Waals surface area contributed by atoms with Gasteiger partial charge in [-0.25, -0.2) is 0 Å². The second-order valence-corrected chi connectivity index (χ2v) is 14.1. The molecular weight excluding hydrogens is 677 g/mol. The van der Waals surface area contributed by atoms with Crippen molar-refractivity contribution in [1.29, 1.82) is 0 Å². The topological polar surface area (TPSA) is 8.17 Å². The van der Waals surface area contributed by atoms with Crippen LogP contribution in [0.15, 0.2) is 231 Å². The average molecular weight is 715 g/mol. The standard InChI is InChI=1S/C54H38N2/c1-6-19-39(20-7-1)43-33-36-51(49(37-43)42-25-12-4-13-26-42)55(44-27-14-5-15-28-44)52-31-18-32-53-54(52)47-29-16-17-30-50(47)56(53)45-34-35-46(40-21-8-2-9-22-40)48(38-45)41-23-10-3-11-24-41/h1-38H. The predicted octanol–water partition coefficient (Wildman–Crippen LogP) is 14.9. The van der Waals surface area contributed by atoms with Crippen LogP contribution in [0.5, 0.6) is 0 Å². The lowest BCUT2D eigenvalue weighted by molar-refractivity contribution is 1.18. The van der Waals surface area contributed by atoms with Gasteiger partial charge in [-0.1, -0.05) is 176 Å². The minimum atomic E-state index is 1.10. The van der Waals surface area contributed by atoms with E-state index >= 15 is 0 Å². The first-order valence-electron chi connectivity index (χ1n) is 19.2. The van der Waals surface area contributed by atoms with Gasteiger partial charge in [-0.15, -0.1) is 0 Å². The van der Waals surface area contributed by atoms with E-state index in [-0.39, 0.29) is 0 Å². The van der Waals surface area contributed by atoms with E-state index in [4.69, 9.17) is 0 Å². The molecule has 264 valence electrons. The van der Waals surface area contributed by atoms with E-state index in [0.29, 0.717) is 0 Å². The molecule has 0 radical (unpaired) electrons. The van der Waals surface area contributed by atoms with Crippen molar-refractivity contribution in [3.05, 3.63) is 231 Å². The molecule has 0 unspecified atom stereocenters. The molecule has 0 atom stereocenters. The SMILES string of the molecule is c1ccc(-c2ccc(N(c3ccccc3)c3cccc4c3c3ccccc3n4-c3ccc(-c4ccccc4)c(-c4ccccc4)c3)c(-c3ccccc3)c2)cc1. The highest BCUT2D eigenvalue weighted by Crippen LogP contribution is 2.47. The van der Waals surface area contributed by atoms with E-state index in [1.165, 1.54) is 55.3 Å². The van der Waals surface area contributed by atoms with Gasteiger partial charge in [0.05, 0.1) is 22.4 Å². The van der Waals surface area contributed by atoms with Gasteiger partial charge in [0.15, 0.2) is 0 Å². The zero-order valence-electron chi connectivity index (χ0n) is 30.8. The summed E-state index contributed by atoms with van der Waals surface area (Å²) in [5, 5.41) is 2.40. The summed E-state index contributed by atoms with van der Waals surface area (Å²) >= 11 is 0. The van der Waals surface area contributed by atoms with Crippen LogP contribution in [0.3, 0.4) is 0 Å². The lowest BCUT2D eigenvalue weighted by Crippen LogP contribution is -2.11. The van der Waals surface area contributed by atoms with Gasteiger partial charge in [-0.05, 0) is 93.5 Å². The van der Waals surface area contributed by atoms with Gasteiger partial charge >= 0.3 is 0 Å². The fourth-order valence-electron chi connectivity index (χ4n) is 8.24. The maximum atomic E-state index is 2.45. The second-order valence-electron chi connectivity index (χ2n) is 14.1. The molecule has 0 amide bonds. The minimum absolute atomic E-state index is 1.10. The second kappa shape index (κ2) is 14.4. The van der Waals surface area contributed by atoms with E-state index in [1.807, 2.05) is 0 Å². The van der Waals surface area contributed by atoms with E-state index < -0.39 is 0 Å². The Bertz CT molecular complexity index is 2930. The summed E-state index contributed by atoms with van der Waals surface area (Å²) < 4.78 is 2.44. The summed E-state index contributed by atoms with van der Waals surface area (Å²) in [6.45, 7) is 0. The van der Waals surface area contributed by atoms with Crippen LogP contribution < -0.4 is 4.90 Å². The van der Waals surface area contributed by atoms with Crippen LogP contribution in [0.1, 0.15) is 0 Å². The molecule has 10 aromatic rings. The van der Waals surface area contributed by atoms with E-state index in [0.717, 1.165) is 33.8 Å². The highest BCUT2D eigenvalue weighted by Gasteiger charge is 2.24. The molecule has 10 rings (SSSR count). The monoisotopic (exact) mass is 714 g/mol. The summed E-state index contributed by atoms with van der Waals surface area (Å²) in [5.41, 5.74) is 16.3. The molecule has 0 fully saturated rings. The molecule has 0 aliphatic rings. The Kier molecular flexibility index (Phi) is 8.55. The van der Waals surface area contributed by atoms with E-state index in [1.54, 1.807) is 0 Å². The molecule has 2 heteroatoms. The third kappa shape index (κ3) is 5.95. The average Bonchev–Trinajstić information content (AvgIpc) is 3.63. The molecule has 0 saturated heterocycles. The first-order valence-corrected chi connectivity index (χ1v) is 19.2. The van der Waals surface area contributed by atoms with Gasteiger partial charge in [-0.2, -0.15) is 0 Å². The van der Waals surface area contributed by atoms with Crippen molar-refractivity contribution in [2.24, 2.45) is 0 Å².